The van der Waals surface area contributed by atoms with E-state index in [1.165, 1.54) is 0 Å². The first kappa shape index (κ1) is 21.7. The number of carbonyl (C=O) groups is 1. The molecule has 6 rings (SSSR count). The van der Waals surface area contributed by atoms with Gasteiger partial charge in [-0.2, -0.15) is 0 Å². The summed E-state index contributed by atoms with van der Waals surface area (Å²) in [6.45, 7) is 6.03. The fourth-order valence-electron chi connectivity index (χ4n) is 5.12. The summed E-state index contributed by atoms with van der Waals surface area (Å²) < 4.78 is 6.80. The van der Waals surface area contributed by atoms with Gasteiger partial charge in [-0.1, -0.05) is 30.3 Å². The fourth-order valence-corrected chi connectivity index (χ4v) is 6.38. The van der Waals surface area contributed by atoms with Crippen molar-refractivity contribution in [1.82, 2.24) is 9.55 Å². The van der Waals surface area contributed by atoms with Crippen LogP contribution in [0.5, 0.6) is 0 Å². The predicted octanol–water partition coefficient (Wildman–Crippen LogP) is 4.54. The van der Waals surface area contributed by atoms with E-state index in [4.69, 9.17) is 21.3 Å². The van der Waals surface area contributed by atoms with E-state index in [1.807, 2.05) is 17.5 Å². The quantitative estimate of drug-likeness (QED) is 0.403. The molecule has 3 aromatic rings. The molecule has 0 fully saturated rings. The number of halogens is 1. The van der Waals surface area contributed by atoms with Crippen molar-refractivity contribution >= 4 is 51.0 Å². The minimum atomic E-state index is -1.85. The highest BCUT2D eigenvalue weighted by Gasteiger charge is 2.45. The van der Waals surface area contributed by atoms with E-state index >= 15 is 0 Å². The number of rotatable bonds is 3. The third-order valence-electron chi connectivity index (χ3n) is 6.77. The molecule has 1 atom stereocenters. The van der Waals surface area contributed by atoms with Gasteiger partial charge in [0.2, 0.25) is 0 Å². The molecule has 7 nitrogen and oxygen atoms in total. The van der Waals surface area contributed by atoms with E-state index in [9.17, 15) is 14.7 Å². The van der Waals surface area contributed by atoms with Crippen molar-refractivity contribution in [2.75, 3.05) is 5.32 Å². The Balaban J connectivity index is 1.65. The minimum absolute atomic E-state index is 0.103. The van der Waals surface area contributed by atoms with Crippen LogP contribution in [0.1, 0.15) is 49.4 Å². The number of nitrogens with zero attached hydrogens (tertiary/aromatic N) is 2. The monoisotopic (exact) mass is 495 g/mol. The lowest BCUT2D eigenvalue weighted by atomic mass is 9.86. The molecule has 0 saturated heterocycles. The molecule has 9 heteroatoms. The van der Waals surface area contributed by atoms with Crippen molar-refractivity contribution in [2.45, 2.75) is 56.9 Å². The van der Waals surface area contributed by atoms with Gasteiger partial charge in [-0.3, -0.25) is 4.79 Å². The number of hydrogen-bond donors (Lipinski definition) is 2. The number of fused-ring (bicyclic) bond motifs is 5. The summed E-state index contributed by atoms with van der Waals surface area (Å²) in [5.74, 6) is -0.732. The number of aliphatic hydroxyl groups is 1. The van der Waals surface area contributed by atoms with Crippen molar-refractivity contribution in [3.8, 4) is 11.4 Å². The van der Waals surface area contributed by atoms with Crippen LogP contribution in [-0.4, -0.2) is 26.7 Å². The van der Waals surface area contributed by atoms with Crippen LogP contribution in [0.3, 0.4) is 0 Å². The zero-order valence-corrected chi connectivity index (χ0v) is 20.4. The van der Waals surface area contributed by atoms with Gasteiger partial charge in [-0.05, 0) is 43.9 Å². The lowest BCUT2D eigenvalue weighted by Gasteiger charge is -2.31. The maximum absolute atomic E-state index is 13.5. The first-order valence-corrected chi connectivity index (χ1v) is 12.5. The van der Waals surface area contributed by atoms with Gasteiger partial charge in [0, 0.05) is 38.7 Å². The van der Waals surface area contributed by atoms with E-state index in [2.05, 4.69) is 19.2 Å². The van der Waals surface area contributed by atoms with E-state index in [1.54, 1.807) is 29.3 Å². The molecular weight excluding hydrogens is 474 g/mol. The van der Waals surface area contributed by atoms with E-state index in [0.29, 0.717) is 34.1 Å². The number of hydrogen-bond acceptors (Lipinski definition) is 7. The zero-order valence-electron chi connectivity index (χ0n) is 18.9. The van der Waals surface area contributed by atoms with Gasteiger partial charge in [0.25, 0.3) is 5.56 Å². The number of esters is 1. The predicted molar refractivity (Wildman–Crippen MR) is 133 cm³/mol. The number of thioether (sulfide) groups is 1. The van der Waals surface area contributed by atoms with Crippen LogP contribution in [-0.2, 0) is 28.3 Å². The summed E-state index contributed by atoms with van der Waals surface area (Å²) in [5, 5.41) is 18.1. The number of nitrogens with one attached hydrogen (secondary N) is 1. The first-order chi connectivity index (χ1) is 16.2. The highest BCUT2D eigenvalue weighted by Crippen LogP contribution is 2.50. The number of cyclic esters (lactones) is 1. The molecule has 3 aliphatic heterocycles. The summed E-state index contributed by atoms with van der Waals surface area (Å²) in [5.41, 5.74) is 3.23. The molecule has 0 bridgehead atoms. The van der Waals surface area contributed by atoms with Gasteiger partial charge in [0.1, 0.15) is 6.61 Å². The van der Waals surface area contributed by atoms with E-state index < -0.39 is 11.6 Å². The maximum Gasteiger partial charge on any atom is 0.343 e. The molecule has 2 aromatic heterocycles. The molecule has 2 N–H and O–H groups in total. The molecule has 3 aliphatic rings. The van der Waals surface area contributed by atoms with Crippen molar-refractivity contribution in [1.29, 1.82) is 0 Å². The molecule has 5 heterocycles. The summed E-state index contributed by atoms with van der Waals surface area (Å²) in [6, 6.07) is 5.96. The SMILES string of the molecule is CC[C@@]1(O)C(=O)OCc2c1cc1n(c2=O)Cc2c-1nc1ccc(NC(C)C)c3c1c2C(Cl)=CS3. The number of ether oxygens (including phenoxy) is 1. The Kier molecular flexibility index (Phi) is 4.69. The molecular formula is C25H22ClN3O4S. The number of aromatic nitrogens is 2. The number of benzene rings is 1. The third kappa shape index (κ3) is 2.79. The van der Waals surface area contributed by atoms with Gasteiger partial charge in [0.05, 0.1) is 34.0 Å². The Morgan fingerprint density at radius 2 is 2.12 bits per heavy atom. The largest absolute Gasteiger partial charge is 0.458 e. The van der Waals surface area contributed by atoms with Crippen LogP contribution in [0.15, 0.2) is 33.3 Å². The van der Waals surface area contributed by atoms with Crippen molar-refractivity contribution in [3.05, 3.63) is 56.2 Å². The second-order valence-electron chi connectivity index (χ2n) is 9.14. The molecule has 1 aromatic carbocycles. The smallest absolute Gasteiger partial charge is 0.343 e. The second kappa shape index (κ2) is 7.34. The molecule has 34 heavy (non-hydrogen) atoms. The highest BCUT2D eigenvalue weighted by atomic mass is 35.5. The topological polar surface area (TPSA) is 93.5 Å². The van der Waals surface area contributed by atoms with Gasteiger partial charge >= 0.3 is 5.97 Å². The van der Waals surface area contributed by atoms with Gasteiger partial charge in [0.15, 0.2) is 5.60 Å². The summed E-state index contributed by atoms with van der Waals surface area (Å²) in [6.07, 6.45) is 0.103. The first-order valence-electron chi connectivity index (χ1n) is 11.2. The standard InChI is InChI=1S/C25H22ClN3O4S/c1-4-25(32)14-7-18-21-12(8-29(18)23(30)13(14)9-33-24(25)31)19-15(26)10-34-22-17(27-11(2)3)6-5-16(28-21)20(19)22/h5-7,10-11,27,32H,4,8-9H2,1-3H3/t25-/m0/s1. The average Bonchev–Trinajstić information content (AvgIpc) is 3.18. The van der Waals surface area contributed by atoms with Crippen LogP contribution >= 0.6 is 23.4 Å². The Labute approximate surface area is 204 Å². The van der Waals surface area contributed by atoms with Crippen molar-refractivity contribution in [3.63, 3.8) is 0 Å². The Hall–Kier alpha value is -2.81. The Bertz CT molecular complexity index is 1530. The Morgan fingerprint density at radius 1 is 1.32 bits per heavy atom. The van der Waals surface area contributed by atoms with Gasteiger partial charge in [-0.15, -0.1) is 0 Å². The van der Waals surface area contributed by atoms with Crippen molar-refractivity contribution in [2.24, 2.45) is 0 Å². The molecule has 174 valence electrons. The van der Waals surface area contributed by atoms with Crippen LogP contribution in [0.2, 0.25) is 0 Å². The molecule has 0 amide bonds. The molecule has 0 aliphatic carbocycles. The third-order valence-corrected chi connectivity index (χ3v) is 8.21. The second-order valence-corrected chi connectivity index (χ2v) is 10.4. The minimum Gasteiger partial charge on any atom is -0.458 e. The molecule has 0 unspecified atom stereocenters. The normalized spacial score (nSPS) is 20.1. The molecule has 0 radical (unpaired) electrons. The maximum atomic E-state index is 13.5. The Morgan fingerprint density at radius 3 is 2.85 bits per heavy atom. The fraction of sp³-hybridized carbons (Fsp3) is 0.320. The molecule has 0 saturated carbocycles. The van der Waals surface area contributed by atoms with Crippen LogP contribution in [0.4, 0.5) is 5.69 Å². The van der Waals surface area contributed by atoms with E-state index in [0.717, 1.165) is 32.6 Å². The van der Waals surface area contributed by atoms with Gasteiger partial charge < -0.3 is 19.7 Å². The summed E-state index contributed by atoms with van der Waals surface area (Å²) >= 11 is 8.31. The molecule has 0 spiro atoms. The van der Waals surface area contributed by atoms with Crippen LogP contribution in [0.25, 0.3) is 27.3 Å². The number of pyridine rings is 2. The van der Waals surface area contributed by atoms with Crippen molar-refractivity contribution < 1.29 is 14.6 Å². The van der Waals surface area contributed by atoms with Gasteiger partial charge in [-0.25, -0.2) is 9.78 Å². The van der Waals surface area contributed by atoms with E-state index in [-0.39, 0.29) is 24.6 Å². The van der Waals surface area contributed by atoms with Crippen LogP contribution in [0, 0.1) is 0 Å². The lowest BCUT2D eigenvalue weighted by molar-refractivity contribution is -0.172. The lowest BCUT2D eigenvalue weighted by Crippen LogP contribution is -2.44. The highest BCUT2D eigenvalue weighted by molar-refractivity contribution is 8.02. The summed E-state index contributed by atoms with van der Waals surface area (Å²) in [7, 11) is 0. The average molecular weight is 496 g/mol. The summed E-state index contributed by atoms with van der Waals surface area (Å²) in [4.78, 5) is 31.9. The number of carbonyl (C=O) groups excluding carboxylic acids is 1. The van der Waals surface area contributed by atoms with Crippen LogP contribution < -0.4 is 10.9 Å². The number of anilines is 1. The zero-order chi connectivity index (χ0) is 23.9.